The van der Waals surface area contributed by atoms with Crippen LogP contribution in [0.3, 0.4) is 0 Å². The van der Waals surface area contributed by atoms with Crippen molar-refractivity contribution in [2.24, 2.45) is 0 Å². The summed E-state index contributed by atoms with van der Waals surface area (Å²) in [6, 6.07) is 11.1. The van der Waals surface area contributed by atoms with Gasteiger partial charge in [0.1, 0.15) is 0 Å². The molecule has 0 aliphatic carbocycles. The fourth-order valence-corrected chi connectivity index (χ4v) is 3.66. The Balaban J connectivity index is 1.96. The number of sulfonamides is 1. The van der Waals surface area contributed by atoms with Gasteiger partial charge in [-0.2, -0.15) is 0 Å². The summed E-state index contributed by atoms with van der Waals surface area (Å²) in [5.41, 5.74) is 2.37. The third kappa shape index (κ3) is 5.63. The van der Waals surface area contributed by atoms with Gasteiger partial charge in [0.2, 0.25) is 15.9 Å². The summed E-state index contributed by atoms with van der Waals surface area (Å²) < 4.78 is 31.9. The van der Waals surface area contributed by atoms with Gasteiger partial charge in [-0.15, -0.1) is 0 Å². The van der Waals surface area contributed by atoms with Crippen LogP contribution in [0.25, 0.3) is 0 Å². The molecule has 0 saturated heterocycles. The van der Waals surface area contributed by atoms with E-state index in [4.69, 9.17) is 4.74 Å². The number of hydrogen-bond donors (Lipinski definition) is 2. The van der Waals surface area contributed by atoms with Crippen molar-refractivity contribution in [1.82, 2.24) is 4.72 Å². The van der Waals surface area contributed by atoms with Gasteiger partial charge in [0.05, 0.1) is 23.6 Å². The molecule has 0 atom stereocenters. The standard InChI is InChI=1S/C19H22N2O5S/c1-4-26-19(23)15-6-8-16(9-7-15)21-18(22)12-20-27(24,25)17-10-5-13(2)11-14(17)3/h5-11,20H,4,12H2,1-3H3,(H,21,22). The molecule has 1 amide bonds. The fraction of sp³-hybridized carbons (Fsp3) is 0.263. The minimum Gasteiger partial charge on any atom is -0.462 e. The first-order valence-corrected chi connectivity index (χ1v) is 9.85. The number of carbonyl (C=O) groups is 2. The van der Waals surface area contributed by atoms with Gasteiger partial charge in [-0.25, -0.2) is 17.9 Å². The number of aryl methyl sites for hydroxylation is 2. The third-order valence-corrected chi connectivity index (χ3v) is 5.28. The molecule has 0 aliphatic rings. The molecule has 2 aromatic rings. The quantitative estimate of drug-likeness (QED) is 0.707. The number of amides is 1. The largest absolute Gasteiger partial charge is 0.462 e. The Kier molecular flexibility index (Phi) is 6.70. The molecule has 7 nitrogen and oxygen atoms in total. The van der Waals surface area contributed by atoms with Gasteiger partial charge in [0, 0.05) is 5.69 Å². The van der Waals surface area contributed by atoms with E-state index in [1.807, 2.05) is 6.92 Å². The zero-order valence-electron chi connectivity index (χ0n) is 15.4. The predicted molar refractivity (Wildman–Crippen MR) is 102 cm³/mol. The van der Waals surface area contributed by atoms with E-state index in [0.717, 1.165) is 5.56 Å². The number of ether oxygens (including phenoxy) is 1. The number of carbonyl (C=O) groups excluding carboxylic acids is 2. The first kappa shape index (κ1) is 20.6. The summed E-state index contributed by atoms with van der Waals surface area (Å²) in [7, 11) is -3.79. The summed E-state index contributed by atoms with van der Waals surface area (Å²) in [6.07, 6.45) is 0. The molecule has 0 bridgehead atoms. The predicted octanol–water partition coefficient (Wildman–Crippen LogP) is 2.40. The van der Waals surface area contributed by atoms with Crippen LogP contribution in [0.5, 0.6) is 0 Å². The lowest BCUT2D eigenvalue weighted by Gasteiger charge is -2.10. The highest BCUT2D eigenvalue weighted by molar-refractivity contribution is 7.89. The molecule has 2 N–H and O–H groups in total. The second kappa shape index (κ2) is 8.79. The van der Waals surface area contributed by atoms with Gasteiger partial charge < -0.3 is 10.1 Å². The lowest BCUT2D eigenvalue weighted by atomic mass is 10.2. The number of nitrogens with one attached hydrogen (secondary N) is 2. The SMILES string of the molecule is CCOC(=O)c1ccc(NC(=O)CNS(=O)(=O)c2ccc(C)cc2C)cc1. The van der Waals surface area contributed by atoms with Crippen LogP contribution < -0.4 is 10.0 Å². The van der Waals surface area contributed by atoms with Crippen LogP contribution in [0.15, 0.2) is 47.4 Å². The van der Waals surface area contributed by atoms with Gasteiger partial charge in [-0.05, 0) is 56.7 Å². The van der Waals surface area contributed by atoms with Gasteiger partial charge in [-0.1, -0.05) is 17.7 Å². The van der Waals surface area contributed by atoms with Crippen molar-refractivity contribution in [3.8, 4) is 0 Å². The molecular formula is C19H22N2O5S. The number of anilines is 1. The zero-order chi connectivity index (χ0) is 20.0. The number of benzene rings is 2. The molecule has 0 radical (unpaired) electrons. The minimum absolute atomic E-state index is 0.139. The molecule has 2 rings (SSSR count). The zero-order valence-corrected chi connectivity index (χ0v) is 16.2. The van der Waals surface area contributed by atoms with Crippen LogP contribution in [0.1, 0.15) is 28.4 Å². The van der Waals surface area contributed by atoms with Crippen LogP contribution in [-0.4, -0.2) is 33.4 Å². The Morgan fingerprint density at radius 1 is 1.04 bits per heavy atom. The molecule has 0 aromatic heterocycles. The Bertz CT molecular complexity index is 937. The molecule has 0 saturated carbocycles. The van der Waals surface area contributed by atoms with Crippen molar-refractivity contribution in [1.29, 1.82) is 0 Å². The molecule has 0 spiro atoms. The summed E-state index contributed by atoms with van der Waals surface area (Å²) in [5.74, 6) is -0.969. The topological polar surface area (TPSA) is 102 Å². The van der Waals surface area contributed by atoms with E-state index in [1.54, 1.807) is 38.1 Å². The van der Waals surface area contributed by atoms with E-state index >= 15 is 0 Å². The second-order valence-corrected chi connectivity index (χ2v) is 7.67. The van der Waals surface area contributed by atoms with E-state index in [0.29, 0.717) is 16.8 Å². The Morgan fingerprint density at radius 3 is 2.30 bits per heavy atom. The van der Waals surface area contributed by atoms with E-state index in [9.17, 15) is 18.0 Å². The lowest BCUT2D eigenvalue weighted by molar-refractivity contribution is -0.115. The van der Waals surface area contributed by atoms with Crippen LogP contribution >= 0.6 is 0 Å². The van der Waals surface area contributed by atoms with Crippen molar-refractivity contribution >= 4 is 27.6 Å². The maximum absolute atomic E-state index is 12.4. The summed E-state index contributed by atoms with van der Waals surface area (Å²) in [5, 5.41) is 2.57. The average molecular weight is 390 g/mol. The average Bonchev–Trinajstić information content (AvgIpc) is 2.60. The molecule has 27 heavy (non-hydrogen) atoms. The molecule has 0 unspecified atom stereocenters. The van der Waals surface area contributed by atoms with Crippen molar-refractivity contribution < 1.29 is 22.7 Å². The van der Waals surface area contributed by atoms with Crippen LogP contribution in [0, 0.1) is 13.8 Å². The molecule has 2 aromatic carbocycles. The first-order valence-electron chi connectivity index (χ1n) is 8.37. The highest BCUT2D eigenvalue weighted by Gasteiger charge is 2.18. The van der Waals surface area contributed by atoms with E-state index in [-0.39, 0.29) is 11.5 Å². The molecule has 0 heterocycles. The fourth-order valence-electron chi connectivity index (χ4n) is 2.45. The summed E-state index contributed by atoms with van der Waals surface area (Å²) in [6.45, 7) is 5.16. The van der Waals surface area contributed by atoms with Crippen LogP contribution in [0.4, 0.5) is 5.69 Å². The highest BCUT2D eigenvalue weighted by Crippen LogP contribution is 2.16. The van der Waals surface area contributed by atoms with Crippen molar-refractivity contribution in [3.63, 3.8) is 0 Å². The third-order valence-electron chi connectivity index (χ3n) is 3.72. The number of esters is 1. The molecular weight excluding hydrogens is 368 g/mol. The monoisotopic (exact) mass is 390 g/mol. The molecule has 144 valence electrons. The van der Waals surface area contributed by atoms with Crippen molar-refractivity contribution in [2.75, 3.05) is 18.5 Å². The smallest absolute Gasteiger partial charge is 0.338 e. The molecule has 0 fully saturated rings. The Morgan fingerprint density at radius 2 is 1.70 bits per heavy atom. The maximum atomic E-state index is 12.4. The second-order valence-electron chi connectivity index (χ2n) is 5.94. The number of rotatable bonds is 7. The summed E-state index contributed by atoms with van der Waals surface area (Å²) in [4.78, 5) is 23.7. The van der Waals surface area contributed by atoms with Crippen molar-refractivity contribution in [2.45, 2.75) is 25.7 Å². The minimum atomic E-state index is -3.79. The van der Waals surface area contributed by atoms with E-state index in [2.05, 4.69) is 10.0 Å². The summed E-state index contributed by atoms with van der Waals surface area (Å²) >= 11 is 0. The Hall–Kier alpha value is -2.71. The van der Waals surface area contributed by atoms with Gasteiger partial charge in [-0.3, -0.25) is 4.79 Å². The normalized spacial score (nSPS) is 11.1. The lowest BCUT2D eigenvalue weighted by Crippen LogP contribution is -2.33. The highest BCUT2D eigenvalue weighted by atomic mass is 32.2. The van der Waals surface area contributed by atoms with E-state index < -0.39 is 28.4 Å². The van der Waals surface area contributed by atoms with Gasteiger partial charge in [0.25, 0.3) is 0 Å². The molecule has 0 aliphatic heterocycles. The first-order chi connectivity index (χ1) is 12.7. The van der Waals surface area contributed by atoms with Crippen LogP contribution in [0.2, 0.25) is 0 Å². The van der Waals surface area contributed by atoms with Crippen LogP contribution in [-0.2, 0) is 19.6 Å². The number of hydrogen-bond acceptors (Lipinski definition) is 5. The van der Waals surface area contributed by atoms with E-state index in [1.165, 1.54) is 18.2 Å². The van der Waals surface area contributed by atoms with Gasteiger partial charge in [0.15, 0.2) is 0 Å². The van der Waals surface area contributed by atoms with Crippen molar-refractivity contribution in [3.05, 3.63) is 59.2 Å². The molecule has 8 heteroatoms. The maximum Gasteiger partial charge on any atom is 0.338 e. The Labute approximate surface area is 158 Å². The van der Waals surface area contributed by atoms with Gasteiger partial charge >= 0.3 is 5.97 Å².